The number of carbonyl (C=O) groups excluding carboxylic acids is 1. The number of rotatable bonds is 4. The van der Waals surface area contributed by atoms with Crippen molar-refractivity contribution in [3.05, 3.63) is 61.9 Å². The monoisotopic (exact) mass is 550 g/mol. The van der Waals surface area contributed by atoms with Gasteiger partial charge in [0.05, 0.1) is 13.9 Å². The maximum atomic E-state index is 13.5. The van der Waals surface area contributed by atoms with Crippen LogP contribution in [0.15, 0.2) is 56.3 Å². The van der Waals surface area contributed by atoms with Crippen molar-refractivity contribution in [2.24, 2.45) is 5.92 Å². The summed E-state index contributed by atoms with van der Waals surface area (Å²) < 4.78 is 1.19. The minimum absolute atomic E-state index is 0.0764. The maximum absolute atomic E-state index is 13.5. The third-order valence-electron chi connectivity index (χ3n) is 5.76. The lowest BCUT2D eigenvalue weighted by Gasteiger charge is -2.39. The van der Waals surface area contributed by atoms with Gasteiger partial charge in [-0.05, 0) is 86.5 Å². The zero-order valence-corrected chi connectivity index (χ0v) is 20.6. The highest BCUT2D eigenvalue weighted by atomic mass is 79.9. The molecule has 4 nitrogen and oxygen atoms in total. The largest absolute Gasteiger partial charge is 0.506 e. The molecule has 2 fully saturated rings. The Balaban J connectivity index is 1.67. The zero-order chi connectivity index (χ0) is 21.3. The molecule has 158 valence electrons. The number of phenolic OH excluding ortho intramolecular Hbond substituents is 1. The smallest absolute Gasteiger partial charge is 0.262 e. The molecule has 4 rings (SSSR count). The highest BCUT2D eigenvalue weighted by Crippen LogP contribution is 2.43. The van der Waals surface area contributed by atoms with Gasteiger partial charge in [0.25, 0.3) is 5.91 Å². The number of para-hydroxylation sites is 1. The second-order valence-corrected chi connectivity index (χ2v) is 10.7. The third-order valence-corrected chi connectivity index (χ3v) is 8.08. The zero-order valence-electron chi connectivity index (χ0n) is 16.6. The summed E-state index contributed by atoms with van der Waals surface area (Å²) in [6.45, 7) is 2.26. The van der Waals surface area contributed by atoms with Crippen LogP contribution in [-0.2, 0) is 4.79 Å². The van der Waals surface area contributed by atoms with Crippen LogP contribution < -0.4 is 5.32 Å². The minimum atomic E-state index is -0.138. The first-order valence-electron chi connectivity index (χ1n) is 10.1. The van der Waals surface area contributed by atoms with Gasteiger partial charge in [0.1, 0.15) is 5.75 Å². The van der Waals surface area contributed by atoms with Crippen LogP contribution in [0.3, 0.4) is 0 Å². The SMILES string of the molecule is C[C@H]1CCCC[C@@H]1N1C(=O)/C(=C/c2cc(Br)c(O)c(Br)c2)SC1Nc1ccccc1. The molecule has 1 saturated carbocycles. The molecule has 1 amide bonds. The van der Waals surface area contributed by atoms with Crippen LogP contribution in [0.2, 0.25) is 0 Å². The number of halogens is 2. The Morgan fingerprint density at radius 2 is 1.80 bits per heavy atom. The summed E-state index contributed by atoms with van der Waals surface area (Å²) in [6, 6.07) is 13.9. The molecule has 1 aliphatic heterocycles. The summed E-state index contributed by atoms with van der Waals surface area (Å²) in [5, 5.41) is 13.5. The lowest BCUT2D eigenvalue weighted by Crippen LogP contribution is -2.48. The quantitative estimate of drug-likeness (QED) is 0.410. The lowest BCUT2D eigenvalue weighted by molar-refractivity contribution is -0.129. The summed E-state index contributed by atoms with van der Waals surface area (Å²) in [6.07, 6.45) is 6.52. The number of anilines is 1. The molecule has 30 heavy (non-hydrogen) atoms. The van der Waals surface area contributed by atoms with Crippen LogP contribution in [0, 0.1) is 5.92 Å². The number of carbonyl (C=O) groups is 1. The first-order valence-corrected chi connectivity index (χ1v) is 12.6. The molecule has 0 spiro atoms. The second kappa shape index (κ2) is 9.37. The Morgan fingerprint density at radius 3 is 2.47 bits per heavy atom. The summed E-state index contributed by atoms with van der Waals surface area (Å²) in [7, 11) is 0. The molecule has 0 bridgehead atoms. The summed E-state index contributed by atoms with van der Waals surface area (Å²) in [5.41, 5.74) is 1.73. The molecular formula is C23H24Br2N2O2S. The van der Waals surface area contributed by atoms with Gasteiger partial charge in [-0.3, -0.25) is 4.79 Å². The van der Waals surface area contributed by atoms with Gasteiger partial charge in [-0.1, -0.05) is 49.7 Å². The van der Waals surface area contributed by atoms with Crippen LogP contribution in [0.25, 0.3) is 6.08 Å². The second-order valence-electron chi connectivity index (χ2n) is 7.86. The van der Waals surface area contributed by atoms with E-state index in [0.717, 1.165) is 24.1 Å². The van der Waals surface area contributed by atoms with Crippen LogP contribution in [0.4, 0.5) is 5.69 Å². The molecule has 1 unspecified atom stereocenters. The Labute approximate surface area is 198 Å². The van der Waals surface area contributed by atoms with E-state index in [1.165, 1.54) is 12.8 Å². The van der Waals surface area contributed by atoms with Gasteiger partial charge < -0.3 is 15.3 Å². The first kappa shape index (κ1) is 21.8. The molecule has 0 radical (unpaired) electrons. The van der Waals surface area contributed by atoms with E-state index in [4.69, 9.17) is 0 Å². The van der Waals surface area contributed by atoms with E-state index in [0.29, 0.717) is 19.8 Å². The standard InChI is InChI=1S/C23H24Br2N2O2S/c1-14-7-5-6-10-19(14)27-22(29)20(13-15-11-17(24)21(28)18(25)12-15)30-23(27)26-16-8-3-2-4-9-16/h2-4,8-9,11-14,19,23,26,28H,5-7,10H2,1H3/b20-13-/t14-,19-,23?/m0/s1. The van der Waals surface area contributed by atoms with Gasteiger partial charge in [0, 0.05) is 11.7 Å². The van der Waals surface area contributed by atoms with Crippen molar-refractivity contribution >= 4 is 61.3 Å². The molecule has 1 saturated heterocycles. The van der Waals surface area contributed by atoms with Crippen LogP contribution in [-0.4, -0.2) is 27.5 Å². The minimum Gasteiger partial charge on any atom is -0.506 e. The lowest BCUT2D eigenvalue weighted by atomic mass is 9.85. The van der Waals surface area contributed by atoms with Crippen molar-refractivity contribution in [3.63, 3.8) is 0 Å². The van der Waals surface area contributed by atoms with Gasteiger partial charge in [0.15, 0.2) is 5.50 Å². The fourth-order valence-electron chi connectivity index (χ4n) is 4.19. The highest BCUT2D eigenvalue weighted by Gasteiger charge is 2.42. The highest BCUT2D eigenvalue weighted by molar-refractivity contribution is 9.11. The van der Waals surface area contributed by atoms with E-state index in [1.54, 1.807) is 11.8 Å². The van der Waals surface area contributed by atoms with E-state index in [2.05, 4.69) is 49.0 Å². The molecule has 7 heteroatoms. The van der Waals surface area contributed by atoms with Crippen molar-refractivity contribution in [1.29, 1.82) is 0 Å². The maximum Gasteiger partial charge on any atom is 0.262 e. The molecule has 2 aromatic carbocycles. The predicted octanol–water partition coefficient (Wildman–Crippen LogP) is 6.81. The average molecular weight is 552 g/mol. The topological polar surface area (TPSA) is 52.6 Å². The normalized spacial score (nSPS) is 25.7. The summed E-state index contributed by atoms with van der Waals surface area (Å²) in [4.78, 5) is 16.3. The number of thioether (sulfide) groups is 1. The molecule has 3 atom stereocenters. The van der Waals surface area contributed by atoms with Crippen LogP contribution >= 0.6 is 43.6 Å². The number of phenols is 1. The number of aromatic hydroxyl groups is 1. The number of nitrogens with one attached hydrogen (secondary N) is 1. The number of nitrogens with zero attached hydrogens (tertiary/aromatic N) is 1. The Bertz CT molecular complexity index is 944. The Hall–Kier alpha value is -1.44. The fourth-order valence-corrected chi connectivity index (χ4v) is 6.62. The van der Waals surface area contributed by atoms with E-state index in [-0.39, 0.29) is 23.2 Å². The number of hydrogen-bond acceptors (Lipinski definition) is 4. The molecule has 0 aromatic heterocycles. The molecular weight excluding hydrogens is 528 g/mol. The van der Waals surface area contributed by atoms with E-state index in [1.807, 2.05) is 48.5 Å². The molecule has 2 aliphatic rings. The first-order chi connectivity index (χ1) is 14.4. The molecule has 2 N–H and O–H groups in total. The Morgan fingerprint density at radius 1 is 1.13 bits per heavy atom. The van der Waals surface area contributed by atoms with Crippen LogP contribution in [0.1, 0.15) is 38.2 Å². The molecule has 2 aromatic rings. The predicted molar refractivity (Wildman–Crippen MR) is 131 cm³/mol. The fraction of sp³-hybridized carbons (Fsp3) is 0.348. The van der Waals surface area contributed by atoms with Crippen molar-refractivity contribution in [3.8, 4) is 5.75 Å². The molecule has 1 heterocycles. The van der Waals surface area contributed by atoms with Gasteiger partial charge in [0.2, 0.25) is 0 Å². The van der Waals surface area contributed by atoms with Crippen molar-refractivity contribution in [2.45, 2.75) is 44.1 Å². The van der Waals surface area contributed by atoms with E-state index >= 15 is 0 Å². The van der Waals surface area contributed by atoms with E-state index in [9.17, 15) is 9.90 Å². The van der Waals surface area contributed by atoms with Crippen molar-refractivity contribution in [1.82, 2.24) is 4.90 Å². The molecule has 1 aliphatic carbocycles. The Kier molecular flexibility index (Phi) is 6.80. The summed E-state index contributed by atoms with van der Waals surface area (Å²) >= 11 is 8.31. The van der Waals surface area contributed by atoms with Gasteiger partial charge in [-0.15, -0.1) is 0 Å². The van der Waals surface area contributed by atoms with Gasteiger partial charge >= 0.3 is 0 Å². The average Bonchev–Trinajstić information content (AvgIpc) is 3.02. The number of amides is 1. The number of hydrogen-bond donors (Lipinski definition) is 2. The number of benzene rings is 2. The van der Waals surface area contributed by atoms with E-state index < -0.39 is 0 Å². The van der Waals surface area contributed by atoms with Gasteiger partial charge in [-0.2, -0.15) is 0 Å². The van der Waals surface area contributed by atoms with Crippen LogP contribution in [0.5, 0.6) is 5.75 Å². The third kappa shape index (κ3) is 4.58. The van der Waals surface area contributed by atoms with Gasteiger partial charge in [-0.25, -0.2) is 0 Å². The van der Waals surface area contributed by atoms with Crippen molar-refractivity contribution < 1.29 is 9.90 Å². The van der Waals surface area contributed by atoms with Crippen molar-refractivity contribution in [2.75, 3.05) is 5.32 Å². The summed E-state index contributed by atoms with van der Waals surface area (Å²) in [5.74, 6) is 0.719.